The number of aliphatic hydroxyl groups is 1. The summed E-state index contributed by atoms with van der Waals surface area (Å²) in [4.78, 5) is 4.94. The molecule has 11 heteroatoms. The van der Waals surface area contributed by atoms with Crippen molar-refractivity contribution in [1.82, 2.24) is 19.6 Å². The Kier molecular flexibility index (Phi) is 5.63. The zero-order valence-electron chi connectivity index (χ0n) is 17.3. The maximum atomic E-state index is 10.5. The molecule has 5 rings (SSSR count). The second kappa shape index (κ2) is 8.01. The monoisotopic (exact) mass is 473 g/mol. The standard InChI is InChI=1S/C21H20N4OS.H2O4S/c1-20(2,26)15-9-6-12-25-17(15)23-24-18(25)21(10-11-21)19-22-16(13-27-19)14-7-4-3-5-8-14;1-5(2,3)4/h3-9,12-13,26H,10-11H2,1-2H3;(H2,1,2,3,4)/p-1. The van der Waals surface area contributed by atoms with Crippen molar-refractivity contribution in [2.24, 2.45) is 0 Å². The van der Waals surface area contributed by atoms with Crippen LogP contribution in [0.1, 0.15) is 43.1 Å². The molecule has 1 fully saturated rings. The summed E-state index contributed by atoms with van der Waals surface area (Å²) in [6, 6.07) is 14.1. The molecule has 0 amide bonds. The lowest BCUT2D eigenvalue weighted by Gasteiger charge is -2.18. The van der Waals surface area contributed by atoms with Gasteiger partial charge < -0.3 is 9.66 Å². The Morgan fingerprint density at radius 1 is 1.12 bits per heavy atom. The summed E-state index contributed by atoms with van der Waals surface area (Å²) in [7, 11) is -4.92. The van der Waals surface area contributed by atoms with Gasteiger partial charge >= 0.3 is 0 Å². The van der Waals surface area contributed by atoms with Gasteiger partial charge in [0.2, 0.25) is 10.4 Å². The fourth-order valence-corrected chi connectivity index (χ4v) is 4.70. The second-order valence-electron chi connectivity index (χ2n) is 8.11. The molecule has 3 heterocycles. The first-order valence-electron chi connectivity index (χ1n) is 9.76. The van der Waals surface area contributed by atoms with E-state index in [2.05, 4.69) is 27.7 Å². The second-order valence-corrected chi connectivity index (χ2v) is 9.83. The van der Waals surface area contributed by atoms with Crippen molar-refractivity contribution in [1.29, 1.82) is 0 Å². The van der Waals surface area contributed by atoms with E-state index < -0.39 is 16.0 Å². The molecule has 9 nitrogen and oxygen atoms in total. The molecule has 0 radical (unpaired) electrons. The molecule has 4 aromatic rings. The normalized spacial score (nSPS) is 15.3. The summed E-state index contributed by atoms with van der Waals surface area (Å²) in [6.45, 7) is 3.55. The molecule has 1 aliphatic rings. The van der Waals surface area contributed by atoms with Crippen LogP contribution >= 0.6 is 11.3 Å². The van der Waals surface area contributed by atoms with Gasteiger partial charge in [-0.15, -0.1) is 21.5 Å². The van der Waals surface area contributed by atoms with Crippen LogP contribution in [-0.2, 0) is 21.4 Å². The maximum absolute atomic E-state index is 10.5. The van der Waals surface area contributed by atoms with Gasteiger partial charge in [-0.3, -0.25) is 8.95 Å². The lowest BCUT2D eigenvalue weighted by Crippen LogP contribution is -2.18. The lowest BCUT2D eigenvalue weighted by molar-refractivity contribution is 0.0796. The Labute approximate surface area is 189 Å². The number of benzene rings is 1. The molecule has 1 aliphatic carbocycles. The van der Waals surface area contributed by atoms with Crippen LogP contribution in [0.2, 0.25) is 0 Å². The molecular weight excluding hydrogens is 452 g/mol. The third kappa shape index (κ3) is 4.57. The van der Waals surface area contributed by atoms with Crippen molar-refractivity contribution in [2.75, 3.05) is 0 Å². The quantitative estimate of drug-likeness (QED) is 0.340. The van der Waals surface area contributed by atoms with E-state index in [9.17, 15) is 5.11 Å². The van der Waals surface area contributed by atoms with Crippen molar-refractivity contribution in [3.8, 4) is 11.3 Å². The van der Waals surface area contributed by atoms with E-state index >= 15 is 0 Å². The highest BCUT2D eigenvalue weighted by Crippen LogP contribution is 2.54. The van der Waals surface area contributed by atoms with Crippen molar-refractivity contribution >= 4 is 27.4 Å². The Hall–Kier alpha value is -2.70. The fourth-order valence-electron chi connectivity index (χ4n) is 3.61. The van der Waals surface area contributed by atoms with Gasteiger partial charge in [0.05, 0.1) is 16.7 Å². The van der Waals surface area contributed by atoms with Crippen LogP contribution in [0.15, 0.2) is 54.0 Å². The number of pyridine rings is 1. The highest BCUT2D eigenvalue weighted by atomic mass is 32.3. The van der Waals surface area contributed by atoms with Crippen LogP contribution in [-0.4, -0.2) is 42.2 Å². The molecule has 168 valence electrons. The van der Waals surface area contributed by atoms with E-state index in [1.807, 2.05) is 40.9 Å². The van der Waals surface area contributed by atoms with Gasteiger partial charge in [0.15, 0.2) is 11.5 Å². The summed E-state index contributed by atoms with van der Waals surface area (Å²) in [5, 5.41) is 22.6. The van der Waals surface area contributed by atoms with Crippen LogP contribution in [0.4, 0.5) is 0 Å². The van der Waals surface area contributed by atoms with Gasteiger partial charge in [0.1, 0.15) is 5.01 Å². The van der Waals surface area contributed by atoms with Gasteiger partial charge in [0, 0.05) is 22.7 Å². The van der Waals surface area contributed by atoms with E-state index in [1.54, 1.807) is 25.2 Å². The SMILES string of the molecule is CC(C)(O)c1cccn2c(C3(c4nc(-c5ccccc5)cs4)CC3)nnc12.O=S(=O)([O-])O. The molecule has 3 aromatic heterocycles. The van der Waals surface area contributed by atoms with Crippen LogP contribution in [0.5, 0.6) is 0 Å². The lowest BCUT2D eigenvalue weighted by atomic mass is 9.99. The highest BCUT2D eigenvalue weighted by Gasteiger charge is 2.52. The minimum Gasteiger partial charge on any atom is -0.726 e. The molecule has 32 heavy (non-hydrogen) atoms. The van der Waals surface area contributed by atoms with Crippen molar-refractivity contribution in [3.05, 3.63) is 70.4 Å². The molecule has 0 atom stereocenters. The van der Waals surface area contributed by atoms with Crippen LogP contribution in [0.25, 0.3) is 16.9 Å². The van der Waals surface area contributed by atoms with E-state index in [-0.39, 0.29) is 5.41 Å². The summed E-state index contributed by atoms with van der Waals surface area (Å²) >= 11 is 1.69. The Balaban J connectivity index is 0.000000444. The number of hydrogen-bond acceptors (Lipinski definition) is 8. The van der Waals surface area contributed by atoms with E-state index in [0.717, 1.165) is 40.5 Å². The molecular formula is C21H21N4O5S2-. The maximum Gasteiger partial charge on any atom is 0.215 e. The number of nitrogens with zero attached hydrogens (tertiary/aromatic N) is 4. The van der Waals surface area contributed by atoms with E-state index in [4.69, 9.17) is 22.5 Å². The van der Waals surface area contributed by atoms with Crippen molar-refractivity contribution in [2.45, 2.75) is 37.7 Å². The van der Waals surface area contributed by atoms with Gasteiger partial charge in [-0.05, 0) is 32.8 Å². The third-order valence-electron chi connectivity index (χ3n) is 5.26. The Bertz CT molecular complexity index is 1350. The number of thiazole rings is 1. The summed E-state index contributed by atoms with van der Waals surface area (Å²) in [5.74, 6) is 0.914. The summed E-state index contributed by atoms with van der Waals surface area (Å²) in [6.07, 6.45) is 4.01. The van der Waals surface area contributed by atoms with Crippen LogP contribution in [0, 0.1) is 0 Å². The van der Waals surface area contributed by atoms with Crippen LogP contribution in [0.3, 0.4) is 0 Å². The van der Waals surface area contributed by atoms with E-state index in [1.165, 1.54) is 0 Å². The zero-order valence-corrected chi connectivity index (χ0v) is 19.0. The molecule has 0 aliphatic heterocycles. The molecule has 0 saturated heterocycles. The number of fused-ring (bicyclic) bond motifs is 1. The van der Waals surface area contributed by atoms with E-state index in [0.29, 0.717) is 5.65 Å². The summed E-state index contributed by atoms with van der Waals surface area (Å²) in [5.41, 5.74) is 2.49. The summed E-state index contributed by atoms with van der Waals surface area (Å²) < 4.78 is 34.9. The van der Waals surface area contributed by atoms with Crippen molar-refractivity contribution in [3.63, 3.8) is 0 Å². The minimum absolute atomic E-state index is 0.171. The fraction of sp³-hybridized carbons (Fsp3) is 0.286. The molecule has 0 bridgehead atoms. The minimum atomic E-state index is -4.92. The first-order valence-corrected chi connectivity index (χ1v) is 12.0. The van der Waals surface area contributed by atoms with Gasteiger partial charge in [-0.25, -0.2) is 13.4 Å². The van der Waals surface area contributed by atoms with Crippen LogP contribution < -0.4 is 0 Å². The molecule has 1 aromatic carbocycles. The topological polar surface area (TPSA) is 141 Å². The molecule has 1 saturated carbocycles. The predicted molar refractivity (Wildman–Crippen MR) is 118 cm³/mol. The van der Waals surface area contributed by atoms with Gasteiger partial charge in [0.25, 0.3) is 0 Å². The average Bonchev–Trinajstić information content (AvgIpc) is 3.16. The Morgan fingerprint density at radius 3 is 2.38 bits per heavy atom. The third-order valence-corrected chi connectivity index (χ3v) is 6.30. The number of rotatable bonds is 4. The smallest absolute Gasteiger partial charge is 0.215 e. The van der Waals surface area contributed by atoms with Gasteiger partial charge in [-0.2, -0.15) is 0 Å². The van der Waals surface area contributed by atoms with Gasteiger partial charge in [-0.1, -0.05) is 36.4 Å². The first kappa shape index (κ1) is 22.5. The first-order chi connectivity index (χ1) is 15.0. The predicted octanol–water partition coefficient (Wildman–Crippen LogP) is 3.16. The highest BCUT2D eigenvalue weighted by molar-refractivity contribution is 7.79. The average molecular weight is 474 g/mol. The zero-order chi connectivity index (χ0) is 23.1. The number of aromatic nitrogens is 4. The number of hydrogen-bond donors (Lipinski definition) is 2. The molecule has 0 spiro atoms. The van der Waals surface area contributed by atoms with Crippen molar-refractivity contribution < 1.29 is 22.6 Å². The Morgan fingerprint density at radius 2 is 1.78 bits per heavy atom. The molecule has 0 unspecified atom stereocenters. The molecule has 2 N–H and O–H groups in total. The largest absolute Gasteiger partial charge is 0.726 e.